The lowest BCUT2D eigenvalue weighted by Gasteiger charge is -2.21. The Hall–Kier alpha value is -2.44. The molecule has 4 rings (SSSR count). The maximum Gasteiger partial charge on any atom is 0.163 e. The molecule has 0 bridgehead atoms. The van der Waals surface area contributed by atoms with Crippen molar-refractivity contribution in [2.75, 3.05) is 25.9 Å². The highest BCUT2D eigenvalue weighted by molar-refractivity contribution is 7.18. The monoisotopic (exact) mass is 352 g/mol. The van der Waals surface area contributed by atoms with E-state index in [4.69, 9.17) is 15.5 Å². The topological polar surface area (TPSA) is 64.3 Å². The number of thiophene rings is 1. The van der Waals surface area contributed by atoms with Gasteiger partial charge in [0.2, 0.25) is 0 Å². The molecule has 0 saturated carbocycles. The Morgan fingerprint density at radius 2 is 2.16 bits per heavy atom. The van der Waals surface area contributed by atoms with E-state index >= 15 is 0 Å². The van der Waals surface area contributed by atoms with E-state index in [1.165, 1.54) is 4.88 Å². The van der Waals surface area contributed by atoms with Crippen LogP contribution >= 0.6 is 11.3 Å². The zero-order chi connectivity index (χ0) is 17.2. The van der Waals surface area contributed by atoms with E-state index in [2.05, 4.69) is 28.1 Å². The number of anilines is 1. The molecule has 2 N–H and O–H groups in total. The standard InChI is InChI=1S/C19H20N4OS/c1-24-14-7-5-6-13(10-14)18-21-17(20)16-11-15(25-19(16)22-18)12-23-8-3-2-4-9-23/h2-3,5-7,10-11H,4,8-9,12H2,1H3,(H2,20,21,22). The highest BCUT2D eigenvalue weighted by Gasteiger charge is 2.14. The van der Waals surface area contributed by atoms with Gasteiger partial charge in [-0.15, -0.1) is 11.3 Å². The van der Waals surface area contributed by atoms with Crippen LogP contribution < -0.4 is 10.5 Å². The van der Waals surface area contributed by atoms with Gasteiger partial charge in [-0.25, -0.2) is 9.97 Å². The third-order valence-electron chi connectivity index (χ3n) is 4.32. The number of aromatic nitrogens is 2. The summed E-state index contributed by atoms with van der Waals surface area (Å²) in [4.78, 5) is 13.9. The zero-order valence-electron chi connectivity index (χ0n) is 14.1. The normalized spacial score (nSPS) is 14.9. The predicted molar refractivity (Wildman–Crippen MR) is 103 cm³/mol. The molecule has 6 heteroatoms. The van der Waals surface area contributed by atoms with Crippen LogP contribution in [0, 0.1) is 0 Å². The molecule has 25 heavy (non-hydrogen) atoms. The van der Waals surface area contributed by atoms with Gasteiger partial charge in [-0.3, -0.25) is 4.90 Å². The Kier molecular flexibility index (Phi) is 4.38. The molecule has 0 aliphatic carbocycles. The molecule has 1 aromatic carbocycles. The number of benzene rings is 1. The first-order valence-electron chi connectivity index (χ1n) is 8.30. The predicted octanol–water partition coefficient (Wildman–Crippen LogP) is 3.71. The number of methoxy groups -OCH3 is 1. The van der Waals surface area contributed by atoms with Crippen LogP contribution in [0.15, 0.2) is 42.5 Å². The molecule has 0 unspecified atom stereocenters. The largest absolute Gasteiger partial charge is 0.497 e. The van der Waals surface area contributed by atoms with Crippen molar-refractivity contribution in [1.82, 2.24) is 14.9 Å². The first kappa shape index (κ1) is 16.1. The van der Waals surface area contributed by atoms with Crippen molar-refractivity contribution >= 4 is 27.4 Å². The molecule has 3 aromatic rings. The molecule has 1 aliphatic rings. The smallest absolute Gasteiger partial charge is 0.163 e. The van der Waals surface area contributed by atoms with Gasteiger partial charge >= 0.3 is 0 Å². The Morgan fingerprint density at radius 1 is 1.24 bits per heavy atom. The van der Waals surface area contributed by atoms with E-state index < -0.39 is 0 Å². The highest BCUT2D eigenvalue weighted by Crippen LogP contribution is 2.31. The average molecular weight is 352 g/mol. The highest BCUT2D eigenvalue weighted by atomic mass is 32.1. The minimum atomic E-state index is 0.531. The third kappa shape index (κ3) is 3.36. The molecule has 0 amide bonds. The second-order valence-corrected chi connectivity index (χ2v) is 7.21. The number of rotatable bonds is 4. The molecular weight excluding hydrogens is 332 g/mol. The zero-order valence-corrected chi connectivity index (χ0v) is 14.9. The van der Waals surface area contributed by atoms with Crippen molar-refractivity contribution in [2.45, 2.75) is 13.0 Å². The molecule has 0 atom stereocenters. The van der Waals surface area contributed by atoms with Crippen molar-refractivity contribution in [3.05, 3.63) is 47.4 Å². The maximum atomic E-state index is 6.21. The number of hydrogen-bond donors (Lipinski definition) is 1. The van der Waals surface area contributed by atoms with Gasteiger partial charge in [0, 0.05) is 30.1 Å². The first-order valence-corrected chi connectivity index (χ1v) is 9.12. The van der Waals surface area contributed by atoms with E-state index in [-0.39, 0.29) is 0 Å². The molecule has 3 heterocycles. The van der Waals surface area contributed by atoms with Crippen LogP contribution in [-0.2, 0) is 6.54 Å². The van der Waals surface area contributed by atoms with Crippen molar-refractivity contribution in [2.24, 2.45) is 0 Å². The lowest BCUT2D eigenvalue weighted by molar-refractivity contribution is 0.293. The van der Waals surface area contributed by atoms with E-state index in [0.29, 0.717) is 11.6 Å². The van der Waals surface area contributed by atoms with Crippen molar-refractivity contribution in [3.63, 3.8) is 0 Å². The quantitative estimate of drug-likeness (QED) is 0.725. The molecule has 0 saturated heterocycles. The molecule has 1 aliphatic heterocycles. The Balaban J connectivity index is 1.67. The fourth-order valence-electron chi connectivity index (χ4n) is 3.02. The summed E-state index contributed by atoms with van der Waals surface area (Å²) in [7, 11) is 1.65. The van der Waals surface area contributed by atoms with Gasteiger partial charge in [0.1, 0.15) is 16.4 Å². The molecule has 0 fully saturated rings. The van der Waals surface area contributed by atoms with Crippen LogP contribution in [0.1, 0.15) is 11.3 Å². The minimum Gasteiger partial charge on any atom is -0.497 e. The van der Waals surface area contributed by atoms with Gasteiger partial charge in [0.25, 0.3) is 0 Å². The van der Waals surface area contributed by atoms with Crippen molar-refractivity contribution in [1.29, 1.82) is 0 Å². The van der Waals surface area contributed by atoms with Crippen LogP contribution in [-0.4, -0.2) is 35.1 Å². The summed E-state index contributed by atoms with van der Waals surface area (Å²) in [5.41, 5.74) is 7.12. The molecule has 2 aromatic heterocycles. The Bertz CT molecular complexity index is 934. The summed E-state index contributed by atoms with van der Waals surface area (Å²) in [6.07, 6.45) is 5.59. The fraction of sp³-hybridized carbons (Fsp3) is 0.263. The summed E-state index contributed by atoms with van der Waals surface area (Å²) >= 11 is 1.70. The Morgan fingerprint density at radius 3 is 2.96 bits per heavy atom. The number of nitrogens with two attached hydrogens (primary N) is 1. The number of ether oxygens (including phenoxy) is 1. The second-order valence-electron chi connectivity index (χ2n) is 6.09. The number of nitrogens with zero attached hydrogens (tertiary/aromatic N) is 3. The SMILES string of the molecule is COc1cccc(-c2nc(N)c3cc(CN4CC=CCC4)sc3n2)c1. The van der Waals surface area contributed by atoms with Crippen LogP contribution in [0.2, 0.25) is 0 Å². The van der Waals surface area contributed by atoms with Gasteiger partial charge < -0.3 is 10.5 Å². The van der Waals surface area contributed by atoms with Gasteiger partial charge in [0.05, 0.1) is 12.5 Å². The van der Waals surface area contributed by atoms with E-state index in [1.54, 1.807) is 18.4 Å². The van der Waals surface area contributed by atoms with Gasteiger partial charge in [0.15, 0.2) is 5.82 Å². The Labute approximate surface area is 150 Å². The van der Waals surface area contributed by atoms with Crippen LogP contribution in [0.25, 0.3) is 21.6 Å². The number of nitrogen functional groups attached to an aromatic ring is 1. The average Bonchev–Trinajstić information content (AvgIpc) is 3.05. The number of hydrogen-bond acceptors (Lipinski definition) is 6. The lowest BCUT2D eigenvalue weighted by Crippen LogP contribution is -2.26. The van der Waals surface area contributed by atoms with Crippen molar-refractivity contribution in [3.8, 4) is 17.1 Å². The fourth-order valence-corrected chi connectivity index (χ4v) is 4.09. The molecule has 5 nitrogen and oxygen atoms in total. The van der Waals surface area contributed by atoms with E-state index in [9.17, 15) is 0 Å². The molecule has 128 valence electrons. The van der Waals surface area contributed by atoms with Gasteiger partial charge in [-0.1, -0.05) is 24.3 Å². The van der Waals surface area contributed by atoms with E-state index in [0.717, 1.165) is 47.6 Å². The maximum absolute atomic E-state index is 6.21. The van der Waals surface area contributed by atoms with Gasteiger partial charge in [-0.2, -0.15) is 0 Å². The number of fused-ring (bicyclic) bond motifs is 1. The summed E-state index contributed by atoms with van der Waals surface area (Å²) in [6.45, 7) is 3.03. The second kappa shape index (κ2) is 6.82. The molecule has 0 spiro atoms. The van der Waals surface area contributed by atoms with E-state index in [1.807, 2.05) is 24.3 Å². The van der Waals surface area contributed by atoms with Crippen LogP contribution in [0.4, 0.5) is 5.82 Å². The summed E-state index contributed by atoms with van der Waals surface area (Å²) in [5, 5.41) is 0.944. The van der Waals surface area contributed by atoms with Crippen LogP contribution in [0.5, 0.6) is 5.75 Å². The summed E-state index contributed by atoms with van der Waals surface area (Å²) in [6, 6.07) is 9.86. The molecule has 0 radical (unpaired) electrons. The first-order chi connectivity index (χ1) is 12.2. The van der Waals surface area contributed by atoms with Gasteiger partial charge in [-0.05, 0) is 24.6 Å². The third-order valence-corrected chi connectivity index (χ3v) is 5.34. The van der Waals surface area contributed by atoms with Crippen molar-refractivity contribution < 1.29 is 4.74 Å². The lowest BCUT2D eigenvalue weighted by atomic mass is 10.2. The summed E-state index contributed by atoms with van der Waals surface area (Å²) < 4.78 is 5.29. The summed E-state index contributed by atoms with van der Waals surface area (Å²) in [5.74, 6) is 1.95. The molecular formula is C19H20N4OS. The van der Waals surface area contributed by atoms with Crippen LogP contribution in [0.3, 0.4) is 0 Å². The minimum absolute atomic E-state index is 0.531.